The van der Waals surface area contributed by atoms with Crippen molar-refractivity contribution in [3.63, 3.8) is 0 Å². The summed E-state index contributed by atoms with van der Waals surface area (Å²) in [5.74, 6) is 0.854. The molecule has 0 bridgehead atoms. The Kier molecular flexibility index (Phi) is 4.59. The lowest BCUT2D eigenvalue weighted by Gasteiger charge is -2.35. The fourth-order valence-electron chi connectivity index (χ4n) is 2.97. The van der Waals surface area contributed by atoms with Crippen molar-refractivity contribution in [2.24, 2.45) is 11.1 Å². The number of benzene rings is 1. The largest absolute Gasteiger partial charge is 0.493 e. The van der Waals surface area contributed by atoms with E-state index in [0.29, 0.717) is 24.5 Å². The quantitative estimate of drug-likeness (QED) is 0.828. The Hall–Kier alpha value is -1.35. The van der Waals surface area contributed by atoms with E-state index >= 15 is 0 Å². The van der Waals surface area contributed by atoms with Crippen LogP contribution in [0.2, 0.25) is 0 Å². The Balaban J connectivity index is 2.31. The Bertz CT molecular complexity index is 436. The Morgan fingerprint density at radius 1 is 1.26 bits per heavy atom. The number of carbonyl (C=O) groups is 1. The van der Waals surface area contributed by atoms with Crippen LogP contribution < -0.4 is 10.5 Å². The van der Waals surface area contributed by atoms with Crippen LogP contribution in [-0.2, 0) is 0 Å². The summed E-state index contributed by atoms with van der Waals surface area (Å²) in [7, 11) is 0. The normalized spacial score (nSPS) is 18.0. The first-order valence-electron chi connectivity index (χ1n) is 7.20. The summed E-state index contributed by atoms with van der Waals surface area (Å²) in [6, 6.07) is 7.52. The molecule has 0 aliphatic heterocycles. The molecule has 0 spiro atoms. The van der Waals surface area contributed by atoms with Crippen LogP contribution in [0.3, 0.4) is 0 Å². The van der Waals surface area contributed by atoms with Crippen molar-refractivity contribution in [3.05, 3.63) is 29.8 Å². The first kappa shape index (κ1) is 14.1. The number of Topliss-reactive ketones (excluding diaryl/α,β-unsaturated/α-hetero) is 1. The number of rotatable bonds is 5. The number of hydrogen-bond acceptors (Lipinski definition) is 3. The van der Waals surface area contributed by atoms with Gasteiger partial charge in [-0.15, -0.1) is 0 Å². The average molecular weight is 261 g/mol. The number of carbonyl (C=O) groups excluding carboxylic acids is 1. The molecule has 3 heteroatoms. The third kappa shape index (κ3) is 2.81. The van der Waals surface area contributed by atoms with E-state index < -0.39 is 0 Å². The first-order chi connectivity index (χ1) is 9.23. The second-order valence-corrected chi connectivity index (χ2v) is 5.30. The molecule has 2 N–H and O–H groups in total. The van der Waals surface area contributed by atoms with Gasteiger partial charge in [-0.25, -0.2) is 0 Å². The predicted molar refractivity (Wildman–Crippen MR) is 76.5 cm³/mol. The molecule has 2 rings (SSSR count). The highest BCUT2D eigenvalue weighted by Crippen LogP contribution is 2.39. The Morgan fingerprint density at radius 3 is 2.58 bits per heavy atom. The van der Waals surface area contributed by atoms with Crippen LogP contribution in [0.15, 0.2) is 24.3 Å². The number of hydrogen-bond donors (Lipinski definition) is 1. The molecule has 104 valence electrons. The van der Waals surface area contributed by atoms with Crippen LogP contribution in [0.25, 0.3) is 0 Å². The highest BCUT2D eigenvalue weighted by atomic mass is 16.5. The van der Waals surface area contributed by atoms with Gasteiger partial charge >= 0.3 is 0 Å². The van der Waals surface area contributed by atoms with Crippen molar-refractivity contribution in [2.45, 2.75) is 39.0 Å². The highest BCUT2D eigenvalue weighted by molar-refractivity contribution is 6.03. The van der Waals surface area contributed by atoms with Gasteiger partial charge in [0.2, 0.25) is 0 Å². The number of para-hydroxylation sites is 1. The zero-order valence-electron chi connectivity index (χ0n) is 11.7. The van der Waals surface area contributed by atoms with Gasteiger partial charge in [0.25, 0.3) is 0 Å². The van der Waals surface area contributed by atoms with Crippen LogP contribution >= 0.6 is 0 Å². The molecule has 1 aliphatic carbocycles. The zero-order chi connectivity index (χ0) is 13.7. The molecule has 0 radical (unpaired) electrons. The number of ether oxygens (including phenoxy) is 1. The molecule has 0 aromatic heterocycles. The maximum Gasteiger partial charge on any atom is 0.173 e. The van der Waals surface area contributed by atoms with E-state index in [1.807, 2.05) is 31.2 Å². The molecule has 1 fully saturated rings. The minimum absolute atomic E-state index is 0.166. The molecular formula is C16H23NO2. The maximum absolute atomic E-state index is 12.9. The molecule has 1 aromatic carbocycles. The van der Waals surface area contributed by atoms with Crippen LogP contribution in [0.5, 0.6) is 5.75 Å². The minimum Gasteiger partial charge on any atom is -0.493 e. The fourth-order valence-corrected chi connectivity index (χ4v) is 2.97. The van der Waals surface area contributed by atoms with E-state index in [4.69, 9.17) is 10.5 Å². The summed E-state index contributed by atoms with van der Waals surface area (Å²) in [6.45, 7) is 2.94. The molecule has 0 saturated heterocycles. The predicted octanol–water partition coefficient (Wildman–Crippen LogP) is 3.18. The Morgan fingerprint density at radius 2 is 1.95 bits per heavy atom. The van der Waals surface area contributed by atoms with Gasteiger partial charge in [0.1, 0.15) is 5.75 Å². The molecule has 0 unspecified atom stereocenters. The maximum atomic E-state index is 12.9. The van der Waals surface area contributed by atoms with E-state index in [1.165, 1.54) is 6.42 Å². The monoisotopic (exact) mass is 261 g/mol. The van der Waals surface area contributed by atoms with Gasteiger partial charge in [0.05, 0.1) is 12.2 Å². The average Bonchev–Trinajstić information content (AvgIpc) is 2.48. The lowest BCUT2D eigenvalue weighted by Crippen LogP contribution is -2.40. The second kappa shape index (κ2) is 6.20. The van der Waals surface area contributed by atoms with Gasteiger partial charge < -0.3 is 10.5 Å². The lowest BCUT2D eigenvalue weighted by atomic mass is 9.69. The molecule has 0 amide bonds. The van der Waals surface area contributed by atoms with E-state index in [2.05, 4.69) is 0 Å². The van der Waals surface area contributed by atoms with E-state index in [1.54, 1.807) is 0 Å². The van der Waals surface area contributed by atoms with Gasteiger partial charge in [-0.05, 0) is 31.9 Å². The third-order valence-electron chi connectivity index (χ3n) is 4.11. The topological polar surface area (TPSA) is 52.3 Å². The second-order valence-electron chi connectivity index (χ2n) is 5.30. The molecule has 19 heavy (non-hydrogen) atoms. The Labute approximate surface area is 115 Å². The van der Waals surface area contributed by atoms with Crippen molar-refractivity contribution in [1.29, 1.82) is 0 Å². The summed E-state index contributed by atoms with van der Waals surface area (Å²) in [5.41, 5.74) is 6.26. The first-order valence-corrected chi connectivity index (χ1v) is 7.20. The van der Waals surface area contributed by atoms with Gasteiger partial charge in [0, 0.05) is 12.0 Å². The lowest BCUT2D eigenvalue weighted by molar-refractivity contribution is 0.0725. The highest BCUT2D eigenvalue weighted by Gasteiger charge is 2.39. The van der Waals surface area contributed by atoms with Gasteiger partial charge in [0.15, 0.2) is 5.78 Å². The smallest absolute Gasteiger partial charge is 0.173 e. The molecule has 1 aromatic rings. The van der Waals surface area contributed by atoms with Crippen LogP contribution in [0.4, 0.5) is 0 Å². The summed E-state index contributed by atoms with van der Waals surface area (Å²) in [6.07, 6.45) is 5.22. The fraction of sp³-hybridized carbons (Fsp3) is 0.562. The number of nitrogens with two attached hydrogens (primary N) is 1. The van der Waals surface area contributed by atoms with Crippen LogP contribution in [0, 0.1) is 5.41 Å². The van der Waals surface area contributed by atoms with Crippen molar-refractivity contribution in [3.8, 4) is 5.75 Å². The minimum atomic E-state index is -0.370. The van der Waals surface area contributed by atoms with E-state index in [9.17, 15) is 4.79 Å². The van der Waals surface area contributed by atoms with Crippen LogP contribution in [0.1, 0.15) is 49.4 Å². The van der Waals surface area contributed by atoms with Crippen molar-refractivity contribution < 1.29 is 9.53 Å². The summed E-state index contributed by atoms with van der Waals surface area (Å²) in [5, 5.41) is 0. The van der Waals surface area contributed by atoms with Gasteiger partial charge in [-0.1, -0.05) is 31.4 Å². The molecule has 0 atom stereocenters. The van der Waals surface area contributed by atoms with Gasteiger partial charge in [-0.2, -0.15) is 0 Å². The summed E-state index contributed by atoms with van der Waals surface area (Å²) < 4.78 is 5.58. The third-order valence-corrected chi connectivity index (χ3v) is 4.11. The molecule has 1 aliphatic rings. The van der Waals surface area contributed by atoms with Crippen molar-refractivity contribution in [2.75, 3.05) is 13.2 Å². The summed E-state index contributed by atoms with van der Waals surface area (Å²) in [4.78, 5) is 12.9. The van der Waals surface area contributed by atoms with Gasteiger partial charge in [-0.3, -0.25) is 4.79 Å². The molecule has 1 saturated carbocycles. The molecular weight excluding hydrogens is 238 g/mol. The van der Waals surface area contributed by atoms with Crippen molar-refractivity contribution in [1.82, 2.24) is 0 Å². The van der Waals surface area contributed by atoms with E-state index in [-0.39, 0.29) is 11.2 Å². The summed E-state index contributed by atoms with van der Waals surface area (Å²) >= 11 is 0. The molecule has 3 nitrogen and oxygen atoms in total. The van der Waals surface area contributed by atoms with Crippen LogP contribution in [-0.4, -0.2) is 18.9 Å². The zero-order valence-corrected chi connectivity index (χ0v) is 11.7. The number of ketones is 1. The van der Waals surface area contributed by atoms with E-state index in [0.717, 1.165) is 25.7 Å². The molecule has 0 heterocycles. The standard InChI is InChI=1S/C16H23NO2/c1-2-19-14-9-5-4-8-13(14)15(18)16(12-17)10-6-3-7-11-16/h4-5,8-9H,2-3,6-7,10-12,17H2,1H3. The van der Waals surface area contributed by atoms with Crippen molar-refractivity contribution >= 4 is 5.78 Å². The SMILES string of the molecule is CCOc1ccccc1C(=O)C1(CN)CCCCC1.